The quantitative estimate of drug-likeness (QED) is 0.841. The second-order valence-electron chi connectivity index (χ2n) is 4.53. The summed E-state index contributed by atoms with van der Waals surface area (Å²) in [6, 6.07) is 9.20. The van der Waals surface area contributed by atoms with E-state index in [1.54, 1.807) is 18.2 Å². The summed E-state index contributed by atoms with van der Waals surface area (Å²) in [5.41, 5.74) is 1.36. The van der Waals surface area contributed by atoms with E-state index in [2.05, 4.69) is 0 Å². The highest BCUT2D eigenvalue weighted by Gasteiger charge is 2.12. The zero-order valence-electron chi connectivity index (χ0n) is 10.4. The van der Waals surface area contributed by atoms with Crippen molar-refractivity contribution >= 4 is 34.8 Å². The van der Waals surface area contributed by atoms with Crippen molar-refractivity contribution in [2.24, 2.45) is 0 Å². The summed E-state index contributed by atoms with van der Waals surface area (Å²) in [4.78, 5) is 0. The smallest absolute Gasteiger partial charge is 0.123 e. The molecule has 1 atom stereocenters. The van der Waals surface area contributed by atoms with Gasteiger partial charge in [0.05, 0.1) is 6.10 Å². The Balaban J connectivity index is 2.08. The van der Waals surface area contributed by atoms with Gasteiger partial charge in [0, 0.05) is 27.9 Å². The Morgan fingerprint density at radius 1 is 0.900 bits per heavy atom. The maximum atomic E-state index is 13.2. The Hall–Kier alpha value is -0.800. The van der Waals surface area contributed by atoms with Crippen molar-refractivity contribution in [1.29, 1.82) is 0 Å². The Morgan fingerprint density at radius 3 is 2.30 bits per heavy atom. The van der Waals surface area contributed by atoms with Gasteiger partial charge in [-0.2, -0.15) is 0 Å². The van der Waals surface area contributed by atoms with Crippen LogP contribution < -0.4 is 0 Å². The average Bonchev–Trinajstić information content (AvgIpc) is 2.37. The van der Waals surface area contributed by atoms with Crippen molar-refractivity contribution in [3.8, 4) is 0 Å². The average molecular weight is 334 g/mol. The molecule has 0 heterocycles. The first-order valence-corrected chi connectivity index (χ1v) is 7.15. The minimum Gasteiger partial charge on any atom is -0.392 e. The third-order valence-electron chi connectivity index (χ3n) is 2.93. The number of aliphatic hydroxyl groups excluding tert-OH is 1. The van der Waals surface area contributed by atoms with Gasteiger partial charge in [-0.3, -0.25) is 0 Å². The van der Waals surface area contributed by atoms with Gasteiger partial charge in [-0.15, -0.1) is 0 Å². The highest BCUT2D eigenvalue weighted by atomic mass is 35.5. The molecule has 2 aromatic rings. The van der Waals surface area contributed by atoms with E-state index in [-0.39, 0.29) is 12.2 Å². The molecule has 0 fully saturated rings. The molecule has 106 valence electrons. The van der Waals surface area contributed by atoms with Gasteiger partial charge < -0.3 is 5.11 Å². The lowest BCUT2D eigenvalue weighted by Gasteiger charge is -2.13. The van der Waals surface area contributed by atoms with Gasteiger partial charge in [0.1, 0.15) is 5.82 Å². The van der Waals surface area contributed by atoms with Crippen molar-refractivity contribution in [1.82, 2.24) is 0 Å². The molecule has 0 aliphatic rings. The van der Waals surface area contributed by atoms with E-state index in [4.69, 9.17) is 34.8 Å². The predicted octanol–water partition coefficient (Wildman–Crippen LogP) is 4.93. The molecule has 0 spiro atoms. The van der Waals surface area contributed by atoms with Crippen LogP contribution in [-0.2, 0) is 12.8 Å². The van der Waals surface area contributed by atoms with Gasteiger partial charge >= 0.3 is 0 Å². The molecule has 0 aliphatic carbocycles. The maximum absolute atomic E-state index is 13.2. The molecule has 5 heteroatoms. The predicted molar refractivity (Wildman–Crippen MR) is 81.3 cm³/mol. The van der Waals surface area contributed by atoms with E-state index in [0.29, 0.717) is 27.1 Å². The fourth-order valence-corrected chi connectivity index (χ4v) is 2.65. The fraction of sp³-hybridized carbons (Fsp3) is 0.200. The van der Waals surface area contributed by atoms with Crippen LogP contribution in [0.5, 0.6) is 0 Å². The van der Waals surface area contributed by atoms with Gasteiger partial charge in [-0.1, -0.05) is 40.9 Å². The Kier molecular flexibility index (Phi) is 5.28. The third kappa shape index (κ3) is 4.10. The van der Waals surface area contributed by atoms with Crippen molar-refractivity contribution in [3.63, 3.8) is 0 Å². The van der Waals surface area contributed by atoms with Crippen LogP contribution in [0.2, 0.25) is 15.1 Å². The topological polar surface area (TPSA) is 20.2 Å². The van der Waals surface area contributed by atoms with Gasteiger partial charge in [-0.05, 0) is 41.5 Å². The van der Waals surface area contributed by atoms with Crippen LogP contribution in [0.4, 0.5) is 4.39 Å². The molecule has 2 rings (SSSR count). The fourth-order valence-electron chi connectivity index (χ4n) is 1.97. The lowest BCUT2D eigenvalue weighted by molar-refractivity contribution is 0.175. The number of aliphatic hydroxyl groups is 1. The molecule has 0 bridgehead atoms. The molecule has 0 radical (unpaired) electrons. The number of rotatable bonds is 4. The first-order valence-electron chi connectivity index (χ1n) is 6.01. The molecule has 0 amide bonds. The molecule has 0 saturated carbocycles. The Labute approximate surface area is 131 Å². The lowest BCUT2D eigenvalue weighted by Crippen LogP contribution is -2.14. The Bertz CT molecular complexity index is 616. The first kappa shape index (κ1) is 15.6. The standard InChI is InChI=1S/C15H12Cl3FO/c16-11-2-1-9(15(18)8-11)6-13(20)7-10-5-12(19)3-4-14(10)17/h1-5,8,13,20H,6-7H2. The molecular weight excluding hydrogens is 322 g/mol. The van der Waals surface area contributed by atoms with E-state index in [1.165, 1.54) is 18.2 Å². The molecule has 0 aliphatic heterocycles. The van der Waals surface area contributed by atoms with E-state index in [9.17, 15) is 9.50 Å². The van der Waals surface area contributed by atoms with Crippen LogP contribution >= 0.6 is 34.8 Å². The van der Waals surface area contributed by atoms with Crippen LogP contribution in [0.1, 0.15) is 11.1 Å². The summed E-state index contributed by atoms with van der Waals surface area (Å²) in [5.74, 6) is -0.374. The number of benzene rings is 2. The van der Waals surface area contributed by atoms with Crippen LogP contribution in [0, 0.1) is 5.82 Å². The highest BCUT2D eigenvalue weighted by molar-refractivity contribution is 6.35. The number of hydrogen-bond donors (Lipinski definition) is 1. The van der Waals surface area contributed by atoms with Crippen molar-refractivity contribution < 1.29 is 9.50 Å². The summed E-state index contributed by atoms with van der Waals surface area (Å²) >= 11 is 17.8. The molecule has 1 nitrogen and oxygen atoms in total. The van der Waals surface area contributed by atoms with Crippen LogP contribution in [-0.4, -0.2) is 11.2 Å². The van der Waals surface area contributed by atoms with Crippen LogP contribution in [0.15, 0.2) is 36.4 Å². The highest BCUT2D eigenvalue weighted by Crippen LogP contribution is 2.24. The SMILES string of the molecule is OC(Cc1ccc(Cl)cc1Cl)Cc1cc(F)ccc1Cl. The van der Waals surface area contributed by atoms with Gasteiger partial charge in [0.2, 0.25) is 0 Å². The molecule has 20 heavy (non-hydrogen) atoms. The summed E-state index contributed by atoms with van der Waals surface area (Å²) in [7, 11) is 0. The largest absolute Gasteiger partial charge is 0.392 e. The molecule has 2 aromatic carbocycles. The minimum atomic E-state index is -0.701. The van der Waals surface area contributed by atoms with Crippen LogP contribution in [0.3, 0.4) is 0 Å². The van der Waals surface area contributed by atoms with Crippen molar-refractivity contribution in [2.45, 2.75) is 18.9 Å². The van der Waals surface area contributed by atoms with E-state index >= 15 is 0 Å². The summed E-state index contributed by atoms with van der Waals surface area (Å²) < 4.78 is 13.2. The zero-order chi connectivity index (χ0) is 14.7. The summed E-state index contributed by atoms with van der Waals surface area (Å²) in [5, 5.41) is 11.6. The normalized spacial score (nSPS) is 12.4. The molecule has 1 unspecified atom stereocenters. The van der Waals surface area contributed by atoms with Gasteiger partial charge in [0.15, 0.2) is 0 Å². The second kappa shape index (κ2) is 6.77. The van der Waals surface area contributed by atoms with E-state index < -0.39 is 6.10 Å². The number of halogens is 4. The zero-order valence-corrected chi connectivity index (χ0v) is 12.7. The monoisotopic (exact) mass is 332 g/mol. The summed E-state index contributed by atoms with van der Waals surface area (Å²) in [6.45, 7) is 0. The van der Waals surface area contributed by atoms with Crippen molar-refractivity contribution in [3.05, 3.63) is 68.4 Å². The minimum absolute atomic E-state index is 0.259. The number of hydrogen-bond acceptors (Lipinski definition) is 1. The van der Waals surface area contributed by atoms with Gasteiger partial charge in [0.25, 0.3) is 0 Å². The lowest BCUT2D eigenvalue weighted by atomic mass is 10.0. The van der Waals surface area contributed by atoms with E-state index in [1.807, 2.05) is 0 Å². The van der Waals surface area contributed by atoms with Crippen LogP contribution in [0.25, 0.3) is 0 Å². The summed E-state index contributed by atoms with van der Waals surface area (Å²) in [6.07, 6.45) is -0.0914. The van der Waals surface area contributed by atoms with Crippen molar-refractivity contribution in [2.75, 3.05) is 0 Å². The molecular formula is C15H12Cl3FO. The first-order chi connectivity index (χ1) is 9.45. The maximum Gasteiger partial charge on any atom is 0.123 e. The molecule has 1 N–H and O–H groups in total. The van der Waals surface area contributed by atoms with Gasteiger partial charge in [-0.25, -0.2) is 4.39 Å². The Morgan fingerprint density at radius 2 is 1.60 bits per heavy atom. The second-order valence-corrected chi connectivity index (χ2v) is 5.78. The molecule has 0 aromatic heterocycles. The third-order valence-corrected chi connectivity index (χ3v) is 3.89. The molecule has 0 saturated heterocycles. The van der Waals surface area contributed by atoms with E-state index in [0.717, 1.165) is 5.56 Å².